The van der Waals surface area contributed by atoms with E-state index in [2.05, 4.69) is 10.3 Å². The van der Waals surface area contributed by atoms with Crippen molar-refractivity contribution >= 4 is 23.5 Å². The molecule has 3 aromatic rings. The van der Waals surface area contributed by atoms with Crippen molar-refractivity contribution in [2.45, 2.75) is 12.5 Å². The van der Waals surface area contributed by atoms with Gasteiger partial charge in [-0.2, -0.15) is 0 Å². The second-order valence-electron chi connectivity index (χ2n) is 6.00. The Balaban J connectivity index is 1.83. The lowest BCUT2D eigenvalue weighted by Crippen LogP contribution is -2.30. The van der Waals surface area contributed by atoms with Crippen molar-refractivity contribution in [2.24, 2.45) is 0 Å². The quantitative estimate of drug-likeness (QED) is 0.666. The van der Waals surface area contributed by atoms with E-state index in [1.54, 1.807) is 54.9 Å². The van der Waals surface area contributed by atoms with E-state index >= 15 is 0 Å². The summed E-state index contributed by atoms with van der Waals surface area (Å²) in [5.41, 5.74) is 2.89. The number of rotatable bonds is 6. The lowest BCUT2D eigenvalue weighted by molar-refractivity contribution is -0.137. The van der Waals surface area contributed by atoms with Gasteiger partial charge in [-0.15, -0.1) is 0 Å². The Labute approximate surface area is 161 Å². The van der Waals surface area contributed by atoms with Crippen LogP contribution in [0.2, 0.25) is 5.02 Å². The Hall–Kier alpha value is -3.18. The van der Waals surface area contributed by atoms with Crippen molar-refractivity contribution in [1.29, 1.82) is 0 Å². The highest BCUT2D eigenvalue weighted by molar-refractivity contribution is 6.30. The molecule has 2 N–H and O–H groups in total. The Morgan fingerprint density at radius 1 is 1.04 bits per heavy atom. The lowest BCUT2D eigenvalue weighted by Gasteiger charge is -2.17. The third kappa shape index (κ3) is 4.92. The monoisotopic (exact) mass is 380 g/mol. The van der Waals surface area contributed by atoms with Crippen molar-refractivity contribution in [3.8, 4) is 11.1 Å². The van der Waals surface area contributed by atoms with Gasteiger partial charge in [0.05, 0.1) is 12.5 Å². The van der Waals surface area contributed by atoms with E-state index in [0.29, 0.717) is 16.1 Å². The molecule has 0 saturated heterocycles. The van der Waals surface area contributed by atoms with Crippen molar-refractivity contribution in [1.82, 2.24) is 10.3 Å². The predicted molar refractivity (Wildman–Crippen MR) is 104 cm³/mol. The summed E-state index contributed by atoms with van der Waals surface area (Å²) >= 11 is 5.92. The first-order valence-electron chi connectivity index (χ1n) is 8.31. The highest BCUT2D eigenvalue weighted by atomic mass is 35.5. The first-order chi connectivity index (χ1) is 13.0. The predicted octanol–water partition coefficient (Wildman–Crippen LogP) is 4.35. The van der Waals surface area contributed by atoms with E-state index in [1.807, 2.05) is 18.2 Å². The molecule has 0 radical (unpaired) electrons. The van der Waals surface area contributed by atoms with E-state index in [4.69, 9.17) is 16.7 Å². The summed E-state index contributed by atoms with van der Waals surface area (Å²) in [6.07, 6.45) is 2.92. The number of aromatic nitrogens is 1. The molecule has 2 aromatic carbocycles. The second-order valence-corrected chi connectivity index (χ2v) is 6.43. The van der Waals surface area contributed by atoms with Crippen LogP contribution in [0.1, 0.15) is 28.4 Å². The van der Waals surface area contributed by atoms with Gasteiger partial charge in [0.15, 0.2) is 0 Å². The van der Waals surface area contributed by atoms with E-state index in [9.17, 15) is 9.59 Å². The van der Waals surface area contributed by atoms with Crippen LogP contribution in [0.4, 0.5) is 0 Å². The van der Waals surface area contributed by atoms with Crippen molar-refractivity contribution in [2.75, 3.05) is 0 Å². The minimum atomic E-state index is -1.00. The average molecular weight is 381 g/mol. The number of aliphatic carboxylic acids is 1. The SMILES string of the molecule is O=C(O)CC(NC(=O)c1cccc(-c2ccc(Cl)cc2)c1)c1cccnc1. The second kappa shape index (κ2) is 8.47. The summed E-state index contributed by atoms with van der Waals surface area (Å²) in [6, 6.07) is 17.2. The van der Waals surface area contributed by atoms with Gasteiger partial charge in [0.1, 0.15) is 0 Å². The summed E-state index contributed by atoms with van der Waals surface area (Å²) in [4.78, 5) is 27.9. The number of carbonyl (C=O) groups is 2. The topological polar surface area (TPSA) is 79.3 Å². The maximum atomic E-state index is 12.7. The van der Waals surface area contributed by atoms with E-state index < -0.39 is 12.0 Å². The maximum Gasteiger partial charge on any atom is 0.305 e. The van der Waals surface area contributed by atoms with Gasteiger partial charge in [-0.1, -0.05) is 41.9 Å². The minimum Gasteiger partial charge on any atom is -0.481 e. The number of amides is 1. The molecule has 0 aliphatic heterocycles. The fraction of sp³-hybridized carbons (Fsp3) is 0.0952. The number of pyridine rings is 1. The summed E-state index contributed by atoms with van der Waals surface area (Å²) < 4.78 is 0. The van der Waals surface area contributed by atoms with Gasteiger partial charge in [0.2, 0.25) is 0 Å². The highest BCUT2D eigenvalue weighted by Gasteiger charge is 2.19. The average Bonchev–Trinajstić information content (AvgIpc) is 2.68. The molecule has 0 saturated carbocycles. The Morgan fingerprint density at radius 3 is 2.48 bits per heavy atom. The van der Waals surface area contributed by atoms with Crippen molar-refractivity contribution < 1.29 is 14.7 Å². The van der Waals surface area contributed by atoms with Crippen LogP contribution in [-0.4, -0.2) is 22.0 Å². The van der Waals surface area contributed by atoms with E-state index in [-0.39, 0.29) is 12.3 Å². The number of carbonyl (C=O) groups excluding carboxylic acids is 1. The van der Waals surface area contributed by atoms with Crippen LogP contribution < -0.4 is 5.32 Å². The Kier molecular flexibility index (Phi) is 5.84. The number of halogens is 1. The number of carboxylic acids is 1. The van der Waals surface area contributed by atoms with Crippen LogP contribution in [0.3, 0.4) is 0 Å². The molecule has 0 spiro atoms. The first kappa shape index (κ1) is 18.6. The fourth-order valence-electron chi connectivity index (χ4n) is 2.73. The summed E-state index contributed by atoms with van der Waals surface area (Å²) in [5.74, 6) is -1.35. The molecular formula is C21H17ClN2O3. The van der Waals surface area contributed by atoms with Gasteiger partial charge in [0.25, 0.3) is 5.91 Å². The van der Waals surface area contributed by atoms with Crippen molar-refractivity contribution in [3.63, 3.8) is 0 Å². The third-order valence-corrected chi connectivity index (χ3v) is 4.33. The molecule has 0 aliphatic rings. The fourth-order valence-corrected chi connectivity index (χ4v) is 2.86. The zero-order valence-electron chi connectivity index (χ0n) is 14.3. The normalized spacial score (nSPS) is 11.6. The number of nitrogens with zero attached hydrogens (tertiary/aromatic N) is 1. The maximum absolute atomic E-state index is 12.7. The first-order valence-corrected chi connectivity index (χ1v) is 8.69. The zero-order valence-corrected chi connectivity index (χ0v) is 15.1. The molecule has 27 heavy (non-hydrogen) atoms. The molecule has 3 rings (SSSR count). The standard InChI is InChI=1S/C21H17ClN2O3/c22-18-8-6-14(7-9-18)15-3-1-4-16(11-15)21(27)24-19(12-20(25)26)17-5-2-10-23-13-17/h1-11,13,19H,12H2,(H,24,27)(H,25,26). The van der Waals surface area contributed by atoms with E-state index in [0.717, 1.165) is 11.1 Å². The lowest BCUT2D eigenvalue weighted by atomic mass is 10.0. The van der Waals surface area contributed by atoms with Gasteiger partial charge in [-0.25, -0.2) is 0 Å². The van der Waals surface area contributed by atoms with Crippen molar-refractivity contribution in [3.05, 3.63) is 89.2 Å². The van der Waals surface area contributed by atoms with E-state index in [1.165, 1.54) is 0 Å². The number of hydrogen-bond acceptors (Lipinski definition) is 3. The molecule has 0 bridgehead atoms. The molecule has 1 amide bonds. The van der Waals surface area contributed by atoms with Crippen LogP contribution in [-0.2, 0) is 4.79 Å². The minimum absolute atomic E-state index is 0.228. The number of carboxylic acid groups (broad SMARTS) is 1. The molecule has 136 valence electrons. The van der Waals surface area contributed by atoms with Gasteiger partial charge < -0.3 is 10.4 Å². The molecular weight excluding hydrogens is 364 g/mol. The molecule has 6 heteroatoms. The molecule has 1 aromatic heterocycles. The van der Waals surface area contributed by atoms with Crippen LogP contribution >= 0.6 is 11.6 Å². The number of benzene rings is 2. The summed E-state index contributed by atoms with van der Waals surface area (Å²) in [7, 11) is 0. The third-order valence-electron chi connectivity index (χ3n) is 4.07. The number of nitrogens with one attached hydrogen (secondary N) is 1. The number of hydrogen-bond donors (Lipinski definition) is 2. The highest BCUT2D eigenvalue weighted by Crippen LogP contribution is 2.23. The Morgan fingerprint density at radius 2 is 1.81 bits per heavy atom. The smallest absolute Gasteiger partial charge is 0.305 e. The molecule has 1 heterocycles. The van der Waals surface area contributed by atoms with Gasteiger partial charge in [-0.05, 0) is 47.0 Å². The zero-order chi connectivity index (χ0) is 19.2. The molecule has 5 nitrogen and oxygen atoms in total. The molecule has 0 fully saturated rings. The largest absolute Gasteiger partial charge is 0.481 e. The Bertz CT molecular complexity index is 943. The molecule has 1 atom stereocenters. The summed E-state index contributed by atoms with van der Waals surface area (Å²) in [6.45, 7) is 0. The van der Waals surface area contributed by atoms with Crippen LogP contribution in [0.5, 0.6) is 0 Å². The molecule has 0 aliphatic carbocycles. The molecule has 1 unspecified atom stereocenters. The van der Waals surface area contributed by atoms with Crippen LogP contribution in [0.15, 0.2) is 73.1 Å². The van der Waals surface area contributed by atoms with Crippen LogP contribution in [0.25, 0.3) is 11.1 Å². The van der Waals surface area contributed by atoms with Crippen LogP contribution in [0, 0.1) is 0 Å². The van der Waals surface area contributed by atoms with Gasteiger partial charge >= 0.3 is 5.97 Å². The summed E-state index contributed by atoms with van der Waals surface area (Å²) in [5, 5.41) is 12.6. The van der Waals surface area contributed by atoms with Gasteiger partial charge in [0, 0.05) is 23.0 Å². The van der Waals surface area contributed by atoms with Gasteiger partial charge in [-0.3, -0.25) is 14.6 Å².